The number of oxime groups is 1. The van der Waals surface area contributed by atoms with Crippen molar-refractivity contribution in [2.75, 3.05) is 13.2 Å². The van der Waals surface area contributed by atoms with Crippen molar-refractivity contribution < 1.29 is 14.7 Å². The minimum atomic E-state index is -0.438. The van der Waals surface area contributed by atoms with E-state index in [2.05, 4.69) is 15.8 Å². The highest BCUT2D eigenvalue weighted by molar-refractivity contribution is 5.89. The summed E-state index contributed by atoms with van der Waals surface area (Å²) in [6.45, 7) is 3.17. The number of carbonyl (C=O) groups excluding carboxylic acids is 1. The first-order chi connectivity index (χ1) is 8.17. The Morgan fingerprint density at radius 3 is 3.00 bits per heavy atom. The fourth-order valence-corrected chi connectivity index (χ4v) is 1.69. The van der Waals surface area contributed by atoms with E-state index in [4.69, 9.17) is 15.7 Å². The van der Waals surface area contributed by atoms with Gasteiger partial charge in [-0.15, -0.1) is 0 Å². The van der Waals surface area contributed by atoms with Gasteiger partial charge in [-0.05, 0) is 12.8 Å². The van der Waals surface area contributed by atoms with Gasteiger partial charge in [-0.3, -0.25) is 0 Å². The van der Waals surface area contributed by atoms with Crippen molar-refractivity contribution in [1.82, 2.24) is 10.6 Å². The zero-order chi connectivity index (χ0) is 12.7. The molecule has 5 N–H and O–H groups in total. The Hall–Kier alpha value is -1.50. The lowest BCUT2D eigenvalue weighted by Gasteiger charge is -2.18. The number of hydrogen-bond donors (Lipinski definition) is 4. The van der Waals surface area contributed by atoms with Gasteiger partial charge in [-0.2, -0.15) is 0 Å². The molecule has 98 valence electrons. The fourth-order valence-electron chi connectivity index (χ4n) is 1.69. The number of nitrogens with zero attached hydrogens (tertiary/aromatic N) is 1. The van der Waals surface area contributed by atoms with E-state index in [9.17, 15) is 4.79 Å². The first-order valence-electron chi connectivity index (χ1n) is 5.79. The van der Waals surface area contributed by atoms with Crippen molar-refractivity contribution in [3.8, 4) is 0 Å². The van der Waals surface area contributed by atoms with E-state index in [0.717, 1.165) is 12.8 Å². The van der Waals surface area contributed by atoms with Gasteiger partial charge in [0.1, 0.15) is 0 Å². The Labute approximate surface area is 100 Å². The van der Waals surface area contributed by atoms with Crippen molar-refractivity contribution in [2.45, 2.75) is 38.3 Å². The zero-order valence-corrected chi connectivity index (χ0v) is 9.98. The van der Waals surface area contributed by atoms with Gasteiger partial charge in [0.15, 0.2) is 5.84 Å². The van der Waals surface area contributed by atoms with Crippen LogP contribution < -0.4 is 16.4 Å². The summed E-state index contributed by atoms with van der Waals surface area (Å²) in [5, 5.41) is 17.0. The second-order valence-corrected chi connectivity index (χ2v) is 4.04. The molecule has 1 heterocycles. The maximum Gasteiger partial charge on any atom is 0.315 e. The number of nitrogens with two attached hydrogens (primary N) is 1. The van der Waals surface area contributed by atoms with Gasteiger partial charge in [0, 0.05) is 6.61 Å². The maximum absolute atomic E-state index is 11.6. The predicted molar refractivity (Wildman–Crippen MR) is 63.0 cm³/mol. The third kappa shape index (κ3) is 4.48. The molecule has 0 radical (unpaired) electrons. The molecule has 1 rings (SSSR count). The molecule has 1 fully saturated rings. The van der Waals surface area contributed by atoms with Crippen molar-refractivity contribution in [2.24, 2.45) is 10.9 Å². The van der Waals surface area contributed by atoms with Gasteiger partial charge < -0.3 is 26.3 Å². The third-order valence-corrected chi connectivity index (χ3v) is 2.62. The second kappa shape index (κ2) is 6.95. The van der Waals surface area contributed by atoms with Crippen LogP contribution in [0, 0.1) is 0 Å². The molecule has 2 atom stereocenters. The average Bonchev–Trinajstić information content (AvgIpc) is 2.80. The summed E-state index contributed by atoms with van der Waals surface area (Å²) in [7, 11) is 0. The van der Waals surface area contributed by atoms with Crippen LogP contribution in [-0.2, 0) is 4.74 Å². The Balaban J connectivity index is 2.40. The SMILES string of the molecule is CCCC(NC(=O)NC1CCOC1)C(N)=NO. The monoisotopic (exact) mass is 244 g/mol. The van der Waals surface area contributed by atoms with E-state index in [0.29, 0.717) is 19.6 Å². The molecule has 0 bridgehead atoms. The van der Waals surface area contributed by atoms with Gasteiger partial charge in [0.05, 0.1) is 18.7 Å². The summed E-state index contributed by atoms with van der Waals surface area (Å²) >= 11 is 0. The number of rotatable bonds is 5. The molecule has 17 heavy (non-hydrogen) atoms. The minimum absolute atomic E-state index is 0.0182. The van der Waals surface area contributed by atoms with Crippen LogP contribution in [0.25, 0.3) is 0 Å². The van der Waals surface area contributed by atoms with E-state index in [1.54, 1.807) is 0 Å². The standard InChI is InChI=1S/C10H20N4O3/c1-2-3-8(9(11)14-16)13-10(15)12-7-4-5-17-6-7/h7-8,16H,2-6H2,1H3,(H2,11,14)(H2,12,13,15). The van der Waals surface area contributed by atoms with E-state index in [-0.39, 0.29) is 17.9 Å². The highest BCUT2D eigenvalue weighted by Gasteiger charge is 2.20. The van der Waals surface area contributed by atoms with Crippen LogP contribution in [0.3, 0.4) is 0 Å². The van der Waals surface area contributed by atoms with E-state index < -0.39 is 6.04 Å². The quantitative estimate of drug-likeness (QED) is 0.236. The van der Waals surface area contributed by atoms with Gasteiger partial charge in [-0.25, -0.2) is 4.79 Å². The fraction of sp³-hybridized carbons (Fsp3) is 0.800. The maximum atomic E-state index is 11.6. The van der Waals surface area contributed by atoms with E-state index in [1.165, 1.54) is 0 Å². The topological polar surface area (TPSA) is 109 Å². The summed E-state index contributed by atoms with van der Waals surface area (Å²) < 4.78 is 5.15. The Morgan fingerprint density at radius 2 is 2.47 bits per heavy atom. The van der Waals surface area contributed by atoms with Crippen molar-refractivity contribution in [1.29, 1.82) is 0 Å². The van der Waals surface area contributed by atoms with Crippen LogP contribution in [0.1, 0.15) is 26.2 Å². The molecular formula is C10H20N4O3. The second-order valence-electron chi connectivity index (χ2n) is 4.04. The normalized spacial score (nSPS) is 22.2. The number of ether oxygens (including phenoxy) is 1. The molecule has 1 aliphatic heterocycles. The molecule has 1 aliphatic rings. The summed E-state index contributed by atoms with van der Waals surface area (Å²) in [6.07, 6.45) is 2.27. The molecule has 0 saturated carbocycles. The summed E-state index contributed by atoms with van der Waals surface area (Å²) in [5.41, 5.74) is 5.49. The first-order valence-corrected chi connectivity index (χ1v) is 5.79. The van der Waals surface area contributed by atoms with Crippen LogP contribution in [0.2, 0.25) is 0 Å². The molecule has 0 aromatic carbocycles. The number of hydrogen-bond acceptors (Lipinski definition) is 4. The highest BCUT2D eigenvalue weighted by atomic mass is 16.5. The molecule has 0 aromatic heterocycles. The smallest absolute Gasteiger partial charge is 0.315 e. The van der Waals surface area contributed by atoms with Gasteiger partial charge >= 0.3 is 6.03 Å². The van der Waals surface area contributed by atoms with E-state index >= 15 is 0 Å². The van der Waals surface area contributed by atoms with Crippen molar-refractivity contribution in [3.05, 3.63) is 0 Å². The van der Waals surface area contributed by atoms with Crippen LogP contribution in [0.15, 0.2) is 5.16 Å². The molecule has 0 spiro atoms. The zero-order valence-electron chi connectivity index (χ0n) is 9.98. The summed E-state index contributed by atoms with van der Waals surface area (Å²) in [6, 6.07) is -0.706. The van der Waals surface area contributed by atoms with Crippen LogP contribution in [0.4, 0.5) is 4.79 Å². The van der Waals surface area contributed by atoms with Gasteiger partial charge in [0.2, 0.25) is 0 Å². The third-order valence-electron chi connectivity index (χ3n) is 2.62. The Kier molecular flexibility index (Phi) is 5.55. The van der Waals surface area contributed by atoms with Crippen LogP contribution >= 0.6 is 0 Å². The summed E-state index contributed by atoms with van der Waals surface area (Å²) in [5.74, 6) is 0.0182. The number of nitrogens with one attached hydrogen (secondary N) is 2. The minimum Gasteiger partial charge on any atom is -0.409 e. The highest BCUT2D eigenvalue weighted by Crippen LogP contribution is 2.03. The lowest BCUT2D eigenvalue weighted by atomic mass is 10.1. The Bertz CT molecular complexity index is 277. The van der Waals surface area contributed by atoms with Gasteiger partial charge in [-0.1, -0.05) is 18.5 Å². The number of urea groups is 1. The molecule has 1 saturated heterocycles. The van der Waals surface area contributed by atoms with Gasteiger partial charge in [0.25, 0.3) is 0 Å². The number of amides is 2. The predicted octanol–water partition coefficient (Wildman–Crippen LogP) is -0.0104. The number of carbonyl (C=O) groups is 1. The lowest BCUT2D eigenvalue weighted by Crippen LogP contribution is -2.51. The molecule has 2 amide bonds. The molecule has 0 aromatic rings. The number of amidine groups is 1. The molecule has 0 aliphatic carbocycles. The molecule has 7 heteroatoms. The van der Waals surface area contributed by atoms with Crippen LogP contribution in [-0.4, -0.2) is 42.4 Å². The largest absolute Gasteiger partial charge is 0.409 e. The molecule has 2 unspecified atom stereocenters. The van der Waals surface area contributed by atoms with Crippen LogP contribution in [0.5, 0.6) is 0 Å². The summed E-state index contributed by atoms with van der Waals surface area (Å²) in [4.78, 5) is 11.6. The Morgan fingerprint density at radius 1 is 1.71 bits per heavy atom. The molecule has 7 nitrogen and oxygen atoms in total. The molecular weight excluding hydrogens is 224 g/mol. The van der Waals surface area contributed by atoms with Crippen molar-refractivity contribution in [3.63, 3.8) is 0 Å². The first kappa shape index (κ1) is 13.6. The van der Waals surface area contributed by atoms with Crippen molar-refractivity contribution >= 4 is 11.9 Å². The lowest BCUT2D eigenvalue weighted by molar-refractivity contribution is 0.188. The average molecular weight is 244 g/mol. The van der Waals surface area contributed by atoms with E-state index in [1.807, 2.05) is 6.92 Å².